The number of hydrogen-bond acceptors (Lipinski definition) is 5. The summed E-state index contributed by atoms with van der Waals surface area (Å²) in [6, 6.07) is 3.55. The van der Waals surface area contributed by atoms with Crippen molar-refractivity contribution in [3.05, 3.63) is 30.0 Å². The van der Waals surface area contributed by atoms with Crippen LogP contribution in [-0.4, -0.2) is 47.1 Å². The van der Waals surface area contributed by atoms with E-state index in [9.17, 15) is 9.59 Å². The Morgan fingerprint density at radius 1 is 1.34 bits per heavy atom. The fourth-order valence-electron chi connectivity index (χ4n) is 4.47. The molecule has 1 saturated heterocycles. The van der Waals surface area contributed by atoms with Gasteiger partial charge in [0, 0.05) is 30.9 Å². The maximum atomic E-state index is 12.3. The quantitative estimate of drug-likeness (QED) is 0.518. The van der Waals surface area contributed by atoms with E-state index < -0.39 is 0 Å². The Kier molecular flexibility index (Phi) is 5.48. The number of amides is 2. The number of nitrogen functional groups attached to an aromatic ring is 1. The van der Waals surface area contributed by atoms with Crippen molar-refractivity contribution in [1.29, 1.82) is 0 Å². The second kappa shape index (κ2) is 8.05. The lowest BCUT2D eigenvalue weighted by Gasteiger charge is -2.22. The van der Waals surface area contributed by atoms with E-state index in [1.165, 1.54) is 0 Å². The number of anilines is 1. The fraction of sp³-hybridized carbons (Fsp3) is 0.591. The number of piperidine rings is 1. The summed E-state index contributed by atoms with van der Waals surface area (Å²) in [5, 5.41) is 3.20. The van der Waals surface area contributed by atoms with Crippen LogP contribution in [0, 0.1) is 17.8 Å². The first-order valence-electron chi connectivity index (χ1n) is 10.6. The number of carbonyl (C=O) groups excluding carboxylic acids is 2. The van der Waals surface area contributed by atoms with Crippen LogP contribution >= 0.6 is 0 Å². The topological polar surface area (TPSA) is 97.5 Å². The number of aromatic nitrogens is 1. The first-order valence-corrected chi connectivity index (χ1v) is 10.6. The third-order valence-electron chi connectivity index (χ3n) is 6.46. The van der Waals surface area contributed by atoms with Gasteiger partial charge in [-0.1, -0.05) is 13.3 Å². The minimum atomic E-state index is -0.166. The number of nitrogens with two attached hydrogens (primary N) is 1. The lowest BCUT2D eigenvalue weighted by Crippen LogP contribution is -2.38. The van der Waals surface area contributed by atoms with Gasteiger partial charge in [-0.05, 0) is 67.2 Å². The van der Waals surface area contributed by atoms with Gasteiger partial charge in [0.05, 0.1) is 6.61 Å². The molecule has 2 atom stereocenters. The number of likely N-dealkylation sites (tertiary alicyclic amines) is 1. The van der Waals surface area contributed by atoms with Gasteiger partial charge in [-0.15, -0.1) is 0 Å². The SMILES string of the molecule is CCCCOC(=O)N1CC2C(C1)C2CC1(NC(=O)/C=C/c2ccc(N)nc2)CC1. The number of carbonyl (C=O) groups is 2. The van der Waals surface area contributed by atoms with Crippen molar-refractivity contribution in [3.63, 3.8) is 0 Å². The molecule has 7 heteroatoms. The van der Waals surface area contributed by atoms with Gasteiger partial charge >= 0.3 is 6.09 Å². The van der Waals surface area contributed by atoms with Crippen molar-refractivity contribution < 1.29 is 14.3 Å². The highest BCUT2D eigenvalue weighted by Gasteiger charge is 2.60. The summed E-state index contributed by atoms with van der Waals surface area (Å²) in [7, 11) is 0. The molecular formula is C22H30N4O3. The average Bonchev–Trinajstić information content (AvgIpc) is 3.55. The maximum absolute atomic E-state index is 12.3. The molecule has 1 aromatic rings. The van der Waals surface area contributed by atoms with E-state index >= 15 is 0 Å². The van der Waals surface area contributed by atoms with Crippen molar-refractivity contribution in [2.75, 3.05) is 25.4 Å². The predicted octanol–water partition coefficient (Wildman–Crippen LogP) is 2.83. The number of fused-ring (bicyclic) bond motifs is 1. The smallest absolute Gasteiger partial charge is 0.409 e. The van der Waals surface area contributed by atoms with Crippen molar-refractivity contribution >= 4 is 23.9 Å². The minimum absolute atomic E-state index is 0.0533. The van der Waals surface area contributed by atoms with Crippen LogP contribution in [0.25, 0.3) is 6.08 Å². The van der Waals surface area contributed by atoms with Gasteiger partial charge in [0.15, 0.2) is 0 Å². The summed E-state index contributed by atoms with van der Waals surface area (Å²) in [6.07, 6.45) is 9.84. The molecule has 2 unspecified atom stereocenters. The third kappa shape index (κ3) is 4.71. The molecule has 1 aliphatic heterocycles. The van der Waals surface area contributed by atoms with Gasteiger partial charge in [0.1, 0.15) is 5.82 Å². The molecule has 156 valence electrons. The van der Waals surface area contributed by atoms with E-state index in [1.54, 1.807) is 24.4 Å². The average molecular weight is 399 g/mol. The van der Waals surface area contributed by atoms with Crippen molar-refractivity contribution in [2.24, 2.45) is 17.8 Å². The summed E-state index contributed by atoms with van der Waals surface area (Å²) in [5.41, 5.74) is 6.37. The van der Waals surface area contributed by atoms with Gasteiger partial charge in [0.25, 0.3) is 0 Å². The molecule has 4 rings (SSSR count). The molecule has 0 aromatic carbocycles. The molecule has 1 aromatic heterocycles. The maximum Gasteiger partial charge on any atom is 0.409 e. The highest BCUT2D eigenvalue weighted by atomic mass is 16.6. The van der Waals surface area contributed by atoms with Gasteiger partial charge in [-0.25, -0.2) is 9.78 Å². The van der Waals surface area contributed by atoms with Crippen LogP contribution in [0.3, 0.4) is 0 Å². The van der Waals surface area contributed by atoms with Crippen LogP contribution in [0.2, 0.25) is 0 Å². The molecule has 2 aliphatic carbocycles. The highest BCUT2D eigenvalue weighted by molar-refractivity contribution is 5.92. The molecule has 2 amide bonds. The van der Waals surface area contributed by atoms with Gasteiger partial charge in [-0.2, -0.15) is 0 Å². The first kappa shape index (κ1) is 19.7. The highest BCUT2D eigenvalue weighted by Crippen LogP contribution is 2.58. The molecule has 0 spiro atoms. The van der Waals surface area contributed by atoms with E-state index in [-0.39, 0.29) is 17.5 Å². The summed E-state index contributed by atoms with van der Waals surface area (Å²) < 4.78 is 5.32. The van der Waals surface area contributed by atoms with Gasteiger partial charge < -0.3 is 20.7 Å². The molecule has 3 N–H and O–H groups in total. The molecular weight excluding hydrogens is 368 g/mol. The largest absolute Gasteiger partial charge is 0.449 e. The lowest BCUT2D eigenvalue weighted by molar-refractivity contribution is -0.117. The van der Waals surface area contributed by atoms with E-state index in [1.807, 2.05) is 11.0 Å². The number of ether oxygens (including phenoxy) is 1. The molecule has 2 heterocycles. The molecule has 3 aliphatic rings. The summed E-state index contributed by atoms with van der Waals surface area (Å²) in [6.45, 7) is 4.20. The molecule has 29 heavy (non-hydrogen) atoms. The number of unbranched alkanes of at least 4 members (excludes halogenated alkanes) is 1. The monoisotopic (exact) mass is 398 g/mol. The zero-order valence-corrected chi connectivity index (χ0v) is 17.0. The Bertz CT molecular complexity index is 776. The van der Waals surface area contributed by atoms with Crippen LogP contribution in [0.1, 0.15) is 44.6 Å². The lowest BCUT2D eigenvalue weighted by atomic mass is 10.0. The summed E-state index contributed by atoms with van der Waals surface area (Å²) >= 11 is 0. The standard InChI is InChI=1S/C22H30N4O3/c1-2-3-10-29-21(28)26-13-17-16(18(17)14-26)11-22(8-9-22)25-20(27)7-5-15-4-6-19(23)24-12-15/h4-7,12,16-18H,2-3,8-11,13-14H2,1H3,(H2,23,24)(H,25,27)/b7-5+. The van der Waals surface area contributed by atoms with Crippen LogP contribution in [0.4, 0.5) is 10.6 Å². The van der Waals surface area contributed by atoms with E-state index in [0.717, 1.165) is 50.8 Å². The van der Waals surface area contributed by atoms with Gasteiger partial charge in [0.2, 0.25) is 5.91 Å². The van der Waals surface area contributed by atoms with Crippen molar-refractivity contribution in [1.82, 2.24) is 15.2 Å². The molecule has 0 radical (unpaired) electrons. The number of nitrogens with one attached hydrogen (secondary N) is 1. The predicted molar refractivity (Wildman–Crippen MR) is 111 cm³/mol. The van der Waals surface area contributed by atoms with Crippen molar-refractivity contribution in [3.8, 4) is 0 Å². The van der Waals surface area contributed by atoms with Crippen LogP contribution in [0.5, 0.6) is 0 Å². The summed E-state index contributed by atoms with van der Waals surface area (Å²) in [4.78, 5) is 30.3. The van der Waals surface area contributed by atoms with Gasteiger partial charge in [-0.3, -0.25) is 4.79 Å². The number of pyridine rings is 1. The van der Waals surface area contributed by atoms with Crippen molar-refractivity contribution in [2.45, 2.75) is 44.6 Å². The van der Waals surface area contributed by atoms with Crippen LogP contribution in [0.15, 0.2) is 24.4 Å². The number of nitrogens with zero attached hydrogens (tertiary/aromatic N) is 2. The van der Waals surface area contributed by atoms with E-state index in [2.05, 4.69) is 17.2 Å². The molecule has 7 nitrogen and oxygen atoms in total. The van der Waals surface area contributed by atoms with E-state index in [0.29, 0.717) is 30.2 Å². The molecule has 0 bridgehead atoms. The zero-order chi connectivity index (χ0) is 20.4. The van der Waals surface area contributed by atoms with Crippen LogP contribution in [-0.2, 0) is 9.53 Å². The molecule has 2 saturated carbocycles. The second-order valence-electron chi connectivity index (χ2n) is 8.69. The number of rotatable bonds is 8. The Hall–Kier alpha value is -2.57. The Balaban J connectivity index is 1.21. The van der Waals surface area contributed by atoms with E-state index in [4.69, 9.17) is 10.5 Å². The minimum Gasteiger partial charge on any atom is -0.449 e. The Morgan fingerprint density at radius 2 is 2.10 bits per heavy atom. The number of hydrogen-bond donors (Lipinski definition) is 2. The normalized spacial score (nSPS) is 26.2. The Morgan fingerprint density at radius 3 is 2.72 bits per heavy atom. The Labute approximate surface area is 171 Å². The second-order valence-corrected chi connectivity index (χ2v) is 8.69. The fourth-order valence-corrected chi connectivity index (χ4v) is 4.47. The zero-order valence-electron chi connectivity index (χ0n) is 17.0. The molecule has 3 fully saturated rings. The third-order valence-corrected chi connectivity index (χ3v) is 6.46. The summed E-state index contributed by atoms with van der Waals surface area (Å²) in [5.74, 6) is 2.15. The first-order chi connectivity index (χ1) is 14.0. The van der Waals surface area contributed by atoms with Crippen LogP contribution < -0.4 is 11.1 Å².